The normalized spacial score (nSPS) is 17.8. The molecule has 1 aromatic carbocycles. The molecule has 1 saturated heterocycles. The molecule has 128 valence electrons. The summed E-state index contributed by atoms with van der Waals surface area (Å²) in [4.78, 5) is 14.7. The number of hydrogen-bond acceptors (Lipinski definition) is 4. The van der Waals surface area contributed by atoms with Crippen LogP contribution in [0.15, 0.2) is 22.7 Å². The highest BCUT2D eigenvalue weighted by Crippen LogP contribution is 2.25. The van der Waals surface area contributed by atoms with E-state index in [9.17, 15) is 9.18 Å². The molecule has 0 saturated carbocycles. The van der Waals surface area contributed by atoms with Crippen LogP contribution in [-0.2, 0) is 0 Å². The monoisotopic (exact) mass is 331 g/mol. The van der Waals surface area contributed by atoms with Crippen molar-refractivity contribution in [1.29, 1.82) is 0 Å². The van der Waals surface area contributed by atoms with Crippen LogP contribution < -0.4 is 10.2 Å². The van der Waals surface area contributed by atoms with Crippen molar-refractivity contribution in [2.45, 2.75) is 39.7 Å². The predicted molar refractivity (Wildman–Crippen MR) is 89.8 cm³/mol. The summed E-state index contributed by atoms with van der Waals surface area (Å²) in [6, 6.07) is 4.88. The molecule has 2 heterocycles. The van der Waals surface area contributed by atoms with Crippen molar-refractivity contribution in [2.24, 2.45) is 0 Å². The van der Waals surface area contributed by atoms with Crippen LogP contribution >= 0.6 is 0 Å². The van der Waals surface area contributed by atoms with Gasteiger partial charge < -0.3 is 14.7 Å². The van der Waals surface area contributed by atoms with Gasteiger partial charge in [-0.05, 0) is 57.4 Å². The van der Waals surface area contributed by atoms with Gasteiger partial charge in [-0.15, -0.1) is 0 Å². The number of carbonyl (C=O) groups is 1. The maximum absolute atomic E-state index is 13.3. The van der Waals surface area contributed by atoms with Crippen LogP contribution in [0.2, 0.25) is 0 Å². The van der Waals surface area contributed by atoms with Crippen molar-refractivity contribution >= 4 is 11.6 Å². The molecule has 1 aromatic heterocycles. The number of anilines is 1. The Morgan fingerprint density at radius 2 is 2.17 bits per heavy atom. The molecule has 5 nitrogen and oxygen atoms in total. The minimum Gasteiger partial charge on any atom is -0.369 e. The number of carbonyl (C=O) groups excluding carboxylic acids is 1. The molecule has 0 radical (unpaired) electrons. The second-order valence-electron chi connectivity index (χ2n) is 6.39. The van der Waals surface area contributed by atoms with E-state index in [0.29, 0.717) is 23.6 Å². The first-order valence-corrected chi connectivity index (χ1v) is 8.20. The summed E-state index contributed by atoms with van der Waals surface area (Å²) in [5, 5.41) is 6.91. The van der Waals surface area contributed by atoms with Gasteiger partial charge in [0.1, 0.15) is 17.1 Å². The molecule has 1 atom stereocenters. The van der Waals surface area contributed by atoms with Gasteiger partial charge in [0.15, 0.2) is 0 Å². The summed E-state index contributed by atoms with van der Waals surface area (Å²) >= 11 is 0. The molecule has 2 aromatic rings. The Hall–Kier alpha value is -2.37. The first-order valence-electron chi connectivity index (χ1n) is 8.20. The second-order valence-corrected chi connectivity index (χ2v) is 6.39. The standard InChI is InChI=1S/C18H22FN3O2/c1-11-9-14(19)6-7-16(11)22-8-4-5-15(10-22)20-18(23)17-12(2)21-24-13(17)3/h6-7,9,15H,4-5,8,10H2,1-3H3,(H,20,23)/t15-/m0/s1. The van der Waals surface area contributed by atoms with Crippen molar-refractivity contribution in [1.82, 2.24) is 10.5 Å². The van der Waals surface area contributed by atoms with Gasteiger partial charge in [-0.25, -0.2) is 4.39 Å². The highest BCUT2D eigenvalue weighted by molar-refractivity contribution is 5.96. The molecule has 6 heteroatoms. The van der Waals surface area contributed by atoms with E-state index in [0.717, 1.165) is 30.6 Å². The molecule has 0 unspecified atom stereocenters. The first-order chi connectivity index (χ1) is 11.5. The van der Waals surface area contributed by atoms with Gasteiger partial charge in [-0.1, -0.05) is 5.16 Å². The van der Waals surface area contributed by atoms with Crippen molar-refractivity contribution < 1.29 is 13.7 Å². The average molecular weight is 331 g/mol. The third-order valence-electron chi connectivity index (χ3n) is 4.52. The maximum atomic E-state index is 13.3. The summed E-state index contributed by atoms with van der Waals surface area (Å²) in [6.45, 7) is 7.03. The Kier molecular flexibility index (Phi) is 4.55. The van der Waals surface area contributed by atoms with Crippen LogP contribution in [0.1, 0.15) is 40.2 Å². The van der Waals surface area contributed by atoms with Gasteiger partial charge in [0.25, 0.3) is 5.91 Å². The smallest absolute Gasteiger partial charge is 0.257 e. The van der Waals surface area contributed by atoms with E-state index in [2.05, 4.69) is 15.4 Å². The van der Waals surface area contributed by atoms with Gasteiger partial charge in [-0.3, -0.25) is 4.79 Å². The molecular formula is C18H22FN3O2. The zero-order chi connectivity index (χ0) is 17.3. The first kappa shape index (κ1) is 16.5. The fraction of sp³-hybridized carbons (Fsp3) is 0.444. The van der Waals surface area contributed by atoms with E-state index in [-0.39, 0.29) is 17.8 Å². The minimum atomic E-state index is -0.225. The van der Waals surface area contributed by atoms with Crippen LogP contribution in [0.3, 0.4) is 0 Å². The van der Waals surface area contributed by atoms with E-state index < -0.39 is 0 Å². The zero-order valence-corrected chi connectivity index (χ0v) is 14.2. The van der Waals surface area contributed by atoms with Crippen molar-refractivity contribution in [3.05, 3.63) is 46.6 Å². The highest BCUT2D eigenvalue weighted by Gasteiger charge is 2.25. The van der Waals surface area contributed by atoms with E-state index in [4.69, 9.17) is 4.52 Å². The van der Waals surface area contributed by atoms with Crippen molar-refractivity contribution in [3.63, 3.8) is 0 Å². The molecule has 1 aliphatic rings. The van der Waals surface area contributed by atoms with E-state index >= 15 is 0 Å². The number of halogens is 1. The number of hydrogen-bond donors (Lipinski definition) is 1. The Morgan fingerprint density at radius 1 is 1.38 bits per heavy atom. The predicted octanol–water partition coefficient (Wildman–Crippen LogP) is 3.14. The molecule has 1 aliphatic heterocycles. The summed E-state index contributed by atoms with van der Waals surface area (Å²) in [5.74, 6) is 0.164. The van der Waals surface area contributed by atoms with Crippen molar-refractivity contribution in [2.75, 3.05) is 18.0 Å². The summed E-state index contributed by atoms with van der Waals surface area (Å²) in [5.41, 5.74) is 3.05. The Morgan fingerprint density at radius 3 is 2.83 bits per heavy atom. The molecule has 3 rings (SSSR count). The molecule has 0 aliphatic carbocycles. The molecule has 0 spiro atoms. The lowest BCUT2D eigenvalue weighted by molar-refractivity contribution is 0.0931. The van der Waals surface area contributed by atoms with Crippen LogP contribution in [0.25, 0.3) is 0 Å². The summed E-state index contributed by atoms with van der Waals surface area (Å²) in [7, 11) is 0. The van der Waals surface area contributed by atoms with Gasteiger partial charge in [-0.2, -0.15) is 0 Å². The lowest BCUT2D eigenvalue weighted by Gasteiger charge is -2.35. The number of aryl methyl sites for hydroxylation is 3. The molecular weight excluding hydrogens is 309 g/mol. The minimum absolute atomic E-state index is 0.0457. The fourth-order valence-corrected chi connectivity index (χ4v) is 3.35. The van der Waals surface area contributed by atoms with Gasteiger partial charge in [0.05, 0.1) is 5.69 Å². The van der Waals surface area contributed by atoms with E-state index in [1.165, 1.54) is 6.07 Å². The Bertz CT molecular complexity index is 737. The number of piperidine rings is 1. The largest absolute Gasteiger partial charge is 0.369 e. The average Bonchev–Trinajstić information content (AvgIpc) is 2.86. The molecule has 0 bridgehead atoms. The van der Waals surface area contributed by atoms with Gasteiger partial charge >= 0.3 is 0 Å². The maximum Gasteiger partial charge on any atom is 0.257 e. The van der Waals surface area contributed by atoms with Crippen LogP contribution in [0.4, 0.5) is 10.1 Å². The van der Waals surface area contributed by atoms with Crippen LogP contribution in [0.5, 0.6) is 0 Å². The summed E-state index contributed by atoms with van der Waals surface area (Å²) in [6.07, 6.45) is 1.90. The lowest BCUT2D eigenvalue weighted by Crippen LogP contribution is -2.48. The number of nitrogens with one attached hydrogen (secondary N) is 1. The van der Waals surface area contributed by atoms with Gasteiger partial charge in [0, 0.05) is 24.8 Å². The number of amides is 1. The Balaban J connectivity index is 1.71. The van der Waals surface area contributed by atoms with E-state index in [1.807, 2.05) is 13.0 Å². The number of aromatic nitrogens is 1. The highest BCUT2D eigenvalue weighted by atomic mass is 19.1. The molecule has 1 N–H and O–H groups in total. The zero-order valence-electron chi connectivity index (χ0n) is 14.2. The second kappa shape index (κ2) is 6.63. The number of rotatable bonds is 3. The Labute approximate surface area is 140 Å². The SMILES string of the molecule is Cc1cc(F)ccc1N1CCC[C@H](NC(=O)c2c(C)noc2C)C1. The quantitative estimate of drug-likeness (QED) is 0.939. The third-order valence-corrected chi connectivity index (χ3v) is 4.52. The molecule has 1 fully saturated rings. The van der Waals surface area contributed by atoms with E-state index in [1.54, 1.807) is 19.9 Å². The van der Waals surface area contributed by atoms with Crippen LogP contribution in [-0.4, -0.2) is 30.2 Å². The van der Waals surface area contributed by atoms with Gasteiger partial charge in [0.2, 0.25) is 0 Å². The molecule has 1 amide bonds. The number of benzene rings is 1. The fourth-order valence-electron chi connectivity index (χ4n) is 3.35. The van der Waals surface area contributed by atoms with Crippen molar-refractivity contribution in [3.8, 4) is 0 Å². The topological polar surface area (TPSA) is 58.4 Å². The van der Waals surface area contributed by atoms with Crippen LogP contribution in [0, 0.1) is 26.6 Å². The summed E-state index contributed by atoms with van der Waals surface area (Å²) < 4.78 is 18.4. The third kappa shape index (κ3) is 3.27. The lowest BCUT2D eigenvalue weighted by atomic mass is 10.0. The molecule has 24 heavy (non-hydrogen) atoms. The number of nitrogens with zero attached hydrogens (tertiary/aromatic N) is 2.